The van der Waals surface area contributed by atoms with Gasteiger partial charge in [-0.1, -0.05) is 6.92 Å². The Hall–Kier alpha value is -0.160. The van der Waals surface area contributed by atoms with E-state index in [0.717, 1.165) is 32.1 Å². The maximum atomic E-state index is 6.30. The Balaban J connectivity index is 2.47. The molecule has 84 valence electrons. The number of hydrogen-bond donors (Lipinski definition) is 2. The van der Waals surface area contributed by atoms with Crippen LogP contribution in [-0.4, -0.2) is 24.8 Å². The Bertz CT molecular complexity index is 160. The van der Waals surface area contributed by atoms with E-state index >= 15 is 0 Å². The van der Waals surface area contributed by atoms with Gasteiger partial charge in [-0.3, -0.25) is 0 Å². The first-order valence-corrected chi connectivity index (χ1v) is 5.50. The standard InChI is InChI=1S/C10H22N2O2/c1-2-10(12,6-4-7-11)9-5-3-8-13-14-9/h9H,2-8,11-12H2,1H3. The van der Waals surface area contributed by atoms with Crippen molar-refractivity contribution in [2.24, 2.45) is 11.5 Å². The van der Waals surface area contributed by atoms with Gasteiger partial charge in [0.25, 0.3) is 0 Å². The molecule has 0 aromatic carbocycles. The van der Waals surface area contributed by atoms with Gasteiger partial charge in [-0.2, -0.15) is 0 Å². The molecule has 0 radical (unpaired) electrons. The molecular formula is C10H22N2O2. The van der Waals surface area contributed by atoms with Crippen LogP contribution in [0.25, 0.3) is 0 Å². The van der Waals surface area contributed by atoms with E-state index in [1.165, 1.54) is 0 Å². The van der Waals surface area contributed by atoms with Crippen molar-refractivity contribution in [3.05, 3.63) is 0 Å². The highest BCUT2D eigenvalue weighted by Gasteiger charge is 2.35. The lowest BCUT2D eigenvalue weighted by molar-refractivity contribution is -0.356. The van der Waals surface area contributed by atoms with Gasteiger partial charge in [0.1, 0.15) is 6.10 Å². The van der Waals surface area contributed by atoms with Gasteiger partial charge >= 0.3 is 0 Å². The van der Waals surface area contributed by atoms with Crippen LogP contribution in [0.15, 0.2) is 0 Å². The Labute approximate surface area is 85.9 Å². The van der Waals surface area contributed by atoms with E-state index in [2.05, 4.69) is 6.92 Å². The van der Waals surface area contributed by atoms with Crippen molar-refractivity contribution in [2.45, 2.75) is 50.7 Å². The van der Waals surface area contributed by atoms with Crippen LogP contribution in [0, 0.1) is 0 Å². The number of hydrogen-bond acceptors (Lipinski definition) is 4. The molecule has 2 atom stereocenters. The molecule has 4 heteroatoms. The minimum absolute atomic E-state index is 0.0350. The maximum absolute atomic E-state index is 6.30. The average Bonchev–Trinajstić information content (AvgIpc) is 2.27. The third-order valence-electron chi connectivity index (χ3n) is 3.02. The molecule has 0 aliphatic carbocycles. The van der Waals surface area contributed by atoms with Crippen LogP contribution in [0.5, 0.6) is 0 Å². The first kappa shape index (κ1) is 11.9. The summed E-state index contributed by atoms with van der Waals surface area (Å²) in [5, 5.41) is 0. The maximum Gasteiger partial charge on any atom is 0.111 e. The lowest BCUT2D eigenvalue weighted by Crippen LogP contribution is -2.53. The van der Waals surface area contributed by atoms with Gasteiger partial charge in [-0.05, 0) is 38.6 Å². The van der Waals surface area contributed by atoms with Crippen LogP contribution in [-0.2, 0) is 9.78 Å². The second kappa shape index (κ2) is 5.66. The van der Waals surface area contributed by atoms with Crippen LogP contribution in [0.3, 0.4) is 0 Å². The molecule has 0 bridgehead atoms. The van der Waals surface area contributed by atoms with E-state index in [1.54, 1.807) is 0 Å². The zero-order valence-corrected chi connectivity index (χ0v) is 9.00. The molecule has 1 saturated heterocycles. The van der Waals surface area contributed by atoms with Gasteiger partial charge in [0.2, 0.25) is 0 Å². The summed E-state index contributed by atoms with van der Waals surface area (Å²) in [7, 11) is 0. The number of rotatable bonds is 5. The molecule has 0 aromatic heterocycles. The summed E-state index contributed by atoms with van der Waals surface area (Å²) in [5.74, 6) is 0. The molecule has 0 spiro atoms. The fourth-order valence-electron chi connectivity index (χ4n) is 1.89. The van der Waals surface area contributed by atoms with Crippen molar-refractivity contribution in [2.75, 3.05) is 13.2 Å². The fraction of sp³-hybridized carbons (Fsp3) is 1.00. The molecule has 1 heterocycles. The lowest BCUT2D eigenvalue weighted by atomic mass is 9.83. The topological polar surface area (TPSA) is 70.5 Å². The van der Waals surface area contributed by atoms with Gasteiger partial charge in [0.15, 0.2) is 0 Å². The van der Waals surface area contributed by atoms with Crippen molar-refractivity contribution in [1.29, 1.82) is 0 Å². The van der Waals surface area contributed by atoms with Crippen LogP contribution in [0.2, 0.25) is 0 Å². The highest BCUT2D eigenvalue weighted by Crippen LogP contribution is 2.27. The van der Waals surface area contributed by atoms with E-state index in [1.807, 2.05) is 0 Å². The van der Waals surface area contributed by atoms with E-state index in [0.29, 0.717) is 13.2 Å². The molecule has 4 nitrogen and oxygen atoms in total. The van der Waals surface area contributed by atoms with Crippen LogP contribution in [0.1, 0.15) is 39.0 Å². The van der Waals surface area contributed by atoms with E-state index in [9.17, 15) is 0 Å². The van der Waals surface area contributed by atoms with Crippen LogP contribution >= 0.6 is 0 Å². The van der Waals surface area contributed by atoms with Crippen LogP contribution in [0.4, 0.5) is 0 Å². The smallest absolute Gasteiger partial charge is 0.111 e. The highest BCUT2D eigenvalue weighted by atomic mass is 17.2. The van der Waals surface area contributed by atoms with Gasteiger partial charge in [-0.25, -0.2) is 9.78 Å². The second-order valence-corrected chi connectivity index (χ2v) is 4.03. The first-order chi connectivity index (χ1) is 6.73. The number of nitrogens with two attached hydrogens (primary N) is 2. The molecule has 1 rings (SSSR count). The van der Waals surface area contributed by atoms with Crippen LogP contribution < -0.4 is 11.5 Å². The molecule has 0 amide bonds. The highest BCUT2D eigenvalue weighted by molar-refractivity contribution is 4.91. The van der Waals surface area contributed by atoms with Gasteiger partial charge in [0, 0.05) is 5.54 Å². The van der Waals surface area contributed by atoms with Gasteiger partial charge in [0.05, 0.1) is 6.61 Å². The molecule has 1 fully saturated rings. The zero-order valence-electron chi connectivity index (χ0n) is 9.00. The van der Waals surface area contributed by atoms with Crippen molar-refractivity contribution >= 4 is 0 Å². The molecule has 2 unspecified atom stereocenters. The lowest BCUT2D eigenvalue weighted by Gasteiger charge is -2.37. The summed E-state index contributed by atoms with van der Waals surface area (Å²) < 4.78 is 0. The van der Waals surface area contributed by atoms with E-state index < -0.39 is 0 Å². The second-order valence-electron chi connectivity index (χ2n) is 4.03. The normalized spacial score (nSPS) is 27.2. The molecule has 0 saturated carbocycles. The Morgan fingerprint density at radius 2 is 2.29 bits per heavy atom. The molecule has 0 aromatic rings. The summed E-state index contributed by atoms with van der Waals surface area (Å²) in [5.41, 5.74) is 11.5. The van der Waals surface area contributed by atoms with E-state index in [4.69, 9.17) is 21.2 Å². The molecule has 14 heavy (non-hydrogen) atoms. The van der Waals surface area contributed by atoms with Gasteiger partial charge in [-0.15, -0.1) is 0 Å². The largest absolute Gasteiger partial charge is 0.330 e. The molecule has 1 aliphatic rings. The molecular weight excluding hydrogens is 180 g/mol. The Kier molecular flexibility index (Phi) is 4.81. The fourth-order valence-corrected chi connectivity index (χ4v) is 1.89. The Morgan fingerprint density at radius 3 is 2.79 bits per heavy atom. The SMILES string of the molecule is CCC(N)(CCCN)C1CCCOO1. The third-order valence-corrected chi connectivity index (χ3v) is 3.02. The zero-order chi connectivity index (χ0) is 10.4. The Morgan fingerprint density at radius 1 is 1.50 bits per heavy atom. The predicted molar refractivity (Wildman–Crippen MR) is 55.6 cm³/mol. The minimum Gasteiger partial charge on any atom is -0.330 e. The predicted octanol–water partition coefficient (Wildman–Crippen LogP) is 0.943. The van der Waals surface area contributed by atoms with Crippen molar-refractivity contribution in [3.63, 3.8) is 0 Å². The summed E-state index contributed by atoms with van der Waals surface area (Å²) in [6.07, 6.45) is 4.83. The third kappa shape index (κ3) is 2.92. The average molecular weight is 202 g/mol. The first-order valence-electron chi connectivity index (χ1n) is 5.50. The van der Waals surface area contributed by atoms with Gasteiger partial charge < -0.3 is 11.5 Å². The summed E-state index contributed by atoms with van der Waals surface area (Å²) in [6.45, 7) is 3.47. The summed E-state index contributed by atoms with van der Waals surface area (Å²) in [4.78, 5) is 10.3. The minimum atomic E-state index is -0.264. The quantitative estimate of drug-likeness (QED) is 0.651. The van der Waals surface area contributed by atoms with Crippen molar-refractivity contribution in [3.8, 4) is 0 Å². The van der Waals surface area contributed by atoms with Crippen molar-refractivity contribution < 1.29 is 9.78 Å². The monoisotopic (exact) mass is 202 g/mol. The van der Waals surface area contributed by atoms with E-state index in [-0.39, 0.29) is 11.6 Å². The molecule has 1 aliphatic heterocycles. The summed E-state index contributed by atoms with van der Waals surface area (Å²) in [6, 6.07) is 0. The van der Waals surface area contributed by atoms with Crippen molar-refractivity contribution in [1.82, 2.24) is 0 Å². The molecule has 4 N–H and O–H groups in total. The summed E-state index contributed by atoms with van der Waals surface area (Å²) >= 11 is 0.